The van der Waals surface area contributed by atoms with E-state index in [1.54, 1.807) is 0 Å². The zero-order valence-electron chi connectivity index (χ0n) is 10.0. The second-order valence-electron chi connectivity index (χ2n) is 4.37. The molecule has 1 fully saturated rings. The molecule has 1 aromatic heterocycles. The predicted octanol–water partition coefficient (Wildman–Crippen LogP) is 3.84. The quantitative estimate of drug-likeness (QED) is 0.793. The molecule has 0 radical (unpaired) electrons. The SMILES string of the molecule is CCCc1nc(N2CCCCC2)nc(Cl)c1Br. The van der Waals surface area contributed by atoms with E-state index in [2.05, 4.69) is 37.7 Å². The monoisotopic (exact) mass is 317 g/mol. The van der Waals surface area contributed by atoms with Crippen molar-refractivity contribution in [1.29, 1.82) is 0 Å². The van der Waals surface area contributed by atoms with E-state index < -0.39 is 0 Å². The van der Waals surface area contributed by atoms with Gasteiger partial charge >= 0.3 is 0 Å². The summed E-state index contributed by atoms with van der Waals surface area (Å²) in [4.78, 5) is 11.2. The van der Waals surface area contributed by atoms with Gasteiger partial charge in [0.2, 0.25) is 5.95 Å². The first-order chi connectivity index (χ1) is 8.22. The molecule has 17 heavy (non-hydrogen) atoms. The molecule has 1 aliphatic rings. The maximum Gasteiger partial charge on any atom is 0.227 e. The van der Waals surface area contributed by atoms with Crippen LogP contribution < -0.4 is 4.90 Å². The summed E-state index contributed by atoms with van der Waals surface area (Å²) in [5.41, 5.74) is 1.02. The summed E-state index contributed by atoms with van der Waals surface area (Å²) < 4.78 is 0.849. The van der Waals surface area contributed by atoms with E-state index in [9.17, 15) is 0 Å². The van der Waals surface area contributed by atoms with Gasteiger partial charge in [0.25, 0.3) is 0 Å². The molecule has 0 saturated carbocycles. The Morgan fingerprint density at radius 2 is 1.94 bits per heavy atom. The van der Waals surface area contributed by atoms with E-state index >= 15 is 0 Å². The molecule has 0 bridgehead atoms. The Morgan fingerprint density at radius 1 is 1.24 bits per heavy atom. The average molecular weight is 319 g/mol. The lowest BCUT2D eigenvalue weighted by Gasteiger charge is -2.27. The first kappa shape index (κ1) is 13.1. The van der Waals surface area contributed by atoms with Crippen LogP contribution in [-0.4, -0.2) is 23.1 Å². The maximum absolute atomic E-state index is 6.15. The van der Waals surface area contributed by atoms with Crippen molar-refractivity contribution in [3.63, 3.8) is 0 Å². The Bertz CT molecular complexity index is 392. The van der Waals surface area contributed by atoms with Crippen LogP contribution in [0.4, 0.5) is 5.95 Å². The number of hydrogen-bond donors (Lipinski definition) is 0. The summed E-state index contributed by atoms with van der Waals surface area (Å²) in [6, 6.07) is 0. The molecule has 3 nitrogen and oxygen atoms in total. The summed E-state index contributed by atoms with van der Waals surface area (Å²) in [5, 5.41) is 0.532. The fourth-order valence-electron chi connectivity index (χ4n) is 2.09. The van der Waals surface area contributed by atoms with Crippen LogP contribution in [0.2, 0.25) is 5.15 Å². The zero-order valence-corrected chi connectivity index (χ0v) is 12.4. The number of halogens is 2. The molecular formula is C12H17BrClN3. The summed E-state index contributed by atoms with van der Waals surface area (Å²) in [5.74, 6) is 0.793. The first-order valence-electron chi connectivity index (χ1n) is 6.19. The highest BCUT2D eigenvalue weighted by molar-refractivity contribution is 9.10. The molecule has 0 aromatic carbocycles. The summed E-state index contributed by atoms with van der Waals surface area (Å²) >= 11 is 9.61. The Kier molecular flexibility index (Phi) is 4.62. The van der Waals surface area contributed by atoms with Crippen molar-refractivity contribution in [2.24, 2.45) is 0 Å². The second kappa shape index (κ2) is 6.01. The van der Waals surface area contributed by atoms with Crippen LogP contribution in [0.3, 0.4) is 0 Å². The van der Waals surface area contributed by atoms with Crippen LogP contribution in [0.1, 0.15) is 38.3 Å². The Hall–Kier alpha value is -0.350. The lowest BCUT2D eigenvalue weighted by atomic mass is 10.1. The molecule has 0 amide bonds. The topological polar surface area (TPSA) is 29.0 Å². The Morgan fingerprint density at radius 3 is 2.59 bits per heavy atom. The van der Waals surface area contributed by atoms with Crippen molar-refractivity contribution >= 4 is 33.5 Å². The van der Waals surface area contributed by atoms with Crippen molar-refractivity contribution in [3.8, 4) is 0 Å². The molecular weight excluding hydrogens is 302 g/mol. The van der Waals surface area contributed by atoms with Crippen LogP contribution in [0.15, 0.2) is 4.47 Å². The van der Waals surface area contributed by atoms with E-state index in [1.807, 2.05) is 0 Å². The molecule has 94 valence electrons. The van der Waals surface area contributed by atoms with E-state index in [0.29, 0.717) is 5.15 Å². The van der Waals surface area contributed by atoms with Crippen LogP contribution >= 0.6 is 27.5 Å². The highest BCUT2D eigenvalue weighted by atomic mass is 79.9. The fraction of sp³-hybridized carbons (Fsp3) is 0.667. The number of anilines is 1. The third-order valence-corrected chi connectivity index (χ3v) is 4.33. The van der Waals surface area contributed by atoms with Crippen molar-refractivity contribution in [1.82, 2.24) is 9.97 Å². The van der Waals surface area contributed by atoms with Crippen molar-refractivity contribution in [2.45, 2.75) is 39.0 Å². The van der Waals surface area contributed by atoms with Gasteiger partial charge in [-0.15, -0.1) is 0 Å². The molecule has 0 spiro atoms. The second-order valence-corrected chi connectivity index (χ2v) is 5.52. The molecule has 2 heterocycles. The van der Waals surface area contributed by atoms with Crippen LogP contribution in [0, 0.1) is 0 Å². The zero-order chi connectivity index (χ0) is 12.3. The smallest absolute Gasteiger partial charge is 0.227 e. The van der Waals surface area contributed by atoms with Gasteiger partial charge in [-0.1, -0.05) is 24.9 Å². The minimum Gasteiger partial charge on any atom is -0.341 e. The van der Waals surface area contributed by atoms with E-state index in [0.717, 1.165) is 42.0 Å². The van der Waals surface area contributed by atoms with Gasteiger partial charge in [0.15, 0.2) is 0 Å². The van der Waals surface area contributed by atoms with Gasteiger partial charge in [0.05, 0.1) is 10.2 Å². The standard InChI is InChI=1S/C12H17BrClN3/c1-2-6-9-10(13)11(14)16-12(15-9)17-7-4-3-5-8-17/h2-8H2,1H3. The minimum atomic E-state index is 0.532. The normalized spacial score (nSPS) is 16.3. The van der Waals surface area contributed by atoms with E-state index in [4.69, 9.17) is 11.6 Å². The highest BCUT2D eigenvalue weighted by Crippen LogP contribution is 2.27. The van der Waals surface area contributed by atoms with Crippen molar-refractivity contribution < 1.29 is 0 Å². The largest absolute Gasteiger partial charge is 0.341 e. The fourth-order valence-corrected chi connectivity index (χ4v) is 2.65. The number of nitrogens with zero attached hydrogens (tertiary/aromatic N) is 3. The van der Waals surface area contributed by atoms with Gasteiger partial charge in [-0.05, 0) is 41.6 Å². The summed E-state index contributed by atoms with van der Waals surface area (Å²) in [6.07, 6.45) is 5.75. The molecule has 1 aromatic rings. The molecule has 0 N–H and O–H groups in total. The molecule has 1 saturated heterocycles. The number of aromatic nitrogens is 2. The molecule has 5 heteroatoms. The van der Waals surface area contributed by atoms with Crippen LogP contribution in [-0.2, 0) is 6.42 Å². The van der Waals surface area contributed by atoms with Gasteiger partial charge < -0.3 is 4.90 Å². The number of aryl methyl sites for hydroxylation is 1. The van der Waals surface area contributed by atoms with Crippen molar-refractivity contribution in [2.75, 3.05) is 18.0 Å². The van der Waals surface area contributed by atoms with Gasteiger partial charge in [0, 0.05) is 13.1 Å². The molecule has 0 aliphatic carbocycles. The maximum atomic E-state index is 6.15. The van der Waals surface area contributed by atoms with E-state index in [1.165, 1.54) is 19.3 Å². The third kappa shape index (κ3) is 3.10. The Balaban J connectivity index is 2.27. The first-order valence-corrected chi connectivity index (χ1v) is 7.36. The molecule has 1 aliphatic heterocycles. The number of hydrogen-bond acceptors (Lipinski definition) is 3. The summed E-state index contributed by atoms with van der Waals surface area (Å²) in [7, 11) is 0. The molecule has 0 atom stereocenters. The molecule has 0 unspecified atom stereocenters. The van der Waals surface area contributed by atoms with Gasteiger partial charge in [-0.25, -0.2) is 4.98 Å². The van der Waals surface area contributed by atoms with Gasteiger partial charge in [0.1, 0.15) is 5.15 Å². The highest BCUT2D eigenvalue weighted by Gasteiger charge is 2.17. The van der Waals surface area contributed by atoms with Gasteiger partial charge in [-0.3, -0.25) is 0 Å². The van der Waals surface area contributed by atoms with E-state index in [-0.39, 0.29) is 0 Å². The van der Waals surface area contributed by atoms with Crippen LogP contribution in [0.25, 0.3) is 0 Å². The third-order valence-electron chi connectivity index (χ3n) is 2.99. The lowest BCUT2D eigenvalue weighted by Crippen LogP contribution is -2.31. The van der Waals surface area contributed by atoms with Crippen molar-refractivity contribution in [3.05, 3.63) is 15.3 Å². The number of piperidine rings is 1. The predicted molar refractivity (Wildman–Crippen MR) is 74.8 cm³/mol. The molecule has 2 rings (SSSR count). The summed E-state index contributed by atoms with van der Waals surface area (Å²) in [6.45, 7) is 4.23. The van der Waals surface area contributed by atoms with Gasteiger partial charge in [-0.2, -0.15) is 4.98 Å². The van der Waals surface area contributed by atoms with Crippen LogP contribution in [0.5, 0.6) is 0 Å². The average Bonchev–Trinajstić information content (AvgIpc) is 2.36. The number of rotatable bonds is 3. The minimum absolute atomic E-state index is 0.532. The Labute approximate surface area is 116 Å². The lowest BCUT2D eigenvalue weighted by molar-refractivity contribution is 0.567.